The molecule has 0 unspecified atom stereocenters. The van der Waals surface area contributed by atoms with E-state index in [1.165, 1.54) is 24.4 Å². The van der Waals surface area contributed by atoms with Gasteiger partial charge in [0.25, 0.3) is 0 Å². The number of rotatable bonds is 3. The number of hydrogen-bond donors (Lipinski definition) is 2. The number of benzene rings is 1. The number of nitrogen functional groups attached to an aromatic ring is 1. The molecule has 0 fully saturated rings. The highest BCUT2D eigenvalue weighted by Gasteiger charge is 2.05. The summed E-state index contributed by atoms with van der Waals surface area (Å²) in [7, 11) is 0. The molecule has 1 amide bonds. The van der Waals surface area contributed by atoms with Crippen LogP contribution in [0.2, 0.25) is 0 Å². The molecule has 0 aliphatic carbocycles. The van der Waals surface area contributed by atoms with Crippen molar-refractivity contribution in [1.82, 2.24) is 4.98 Å². The van der Waals surface area contributed by atoms with Crippen molar-refractivity contribution >= 4 is 17.3 Å². The van der Waals surface area contributed by atoms with Crippen molar-refractivity contribution in [2.45, 2.75) is 6.42 Å². The normalized spacial score (nSPS) is 10.1. The topological polar surface area (TPSA) is 68.0 Å². The number of aromatic nitrogens is 1. The smallest absolute Gasteiger partial charge is 0.230 e. The average molecular weight is 245 g/mol. The van der Waals surface area contributed by atoms with Gasteiger partial charge in [-0.25, -0.2) is 4.39 Å². The Kier molecular flexibility index (Phi) is 3.52. The number of amides is 1. The van der Waals surface area contributed by atoms with Gasteiger partial charge in [0.05, 0.1) is 18.3 Å². The minimum absolute atomic E-state index is 0.122. The van der Waals surface area contributed by atoms with Crippen molar-refractivity contribution in [2.75, 3.05) is 11.1 Å². The van der Waals surface area contributed by atoms with E-state index in [0.29, 0.717) is 17.1 Å². The zero-order valence-corrected chi connectivity index (χ0v) is 9.56. The predicted octanol–water partition coefficient (Wildman–Crippen LogP) is 1.98. The van der Waals surface area contributed by atoms with Crippen molar-refractivity contribution < 1.29 is 9.18 Å². The Balaban J connectivity index is 1.98. The number of pyridine rings is 1. The van der Waals surface area contributed by atoms with Gasteiger partial charge in [0, 0.05) is 11.4 Å². The van der Waals surface area contributed by atoms with Gasteiger partial charge < -0.3 is 11.1 Å². The second kappa shape index (κ2) is 5.27. The molecule has 0 saturated carbocycles. The molecule has 18 heavy (non-hydrogen) atoms. The first-order chi connectivity index (χ1) is 8.63. The van der Waals surface area contributed by atoms with E-state index in [9.17, 15) is 9.18 Å². The fourth-order valence-electron chi connectivity index (χ4n) is 1.48. The number of halogens is 1. The third-order valence-electron chi connectivity index (χ3n) is 2.30. The van der Waals surface area contributed by atoms with Crippen LogP contribution in [0.1, 0.15) is 5.69 Å². The van der Waals surface area contributed by atoms with Crippen LogP contribution in [0.4, 0.5) is 15.8 Å². The van der Waals surface area contributed by atoms with Crippen LogP contribution in [0.5, 0.6) is 0 Å². The average Bonchev–Trinajstić information content (AvgIpc) is 2.32. The van der Waals surface area contributed by atoms with Gasteiger partial charge in [0.15, 0.2) is 0 Å². The fraction of sp³-hybridized carbons (Fsp3) is 0.0769. The van der Waals surface area contributed by atoms with Gasteiger partial charge in [-0.2, -0.15) is 0 Å². The zero-order chi connectivity index (χ0) is 13.0. The molecule has 0 aliphatic rings. The van der Waals surface area contributed by atoms with Crippen molar-refractivity contribution in [3.8, 4) is 0 Å². The highest BCUT2D eigenvalue weighted by Crippen LogP contribution is 2.10. The van der Waals surface area contributed by atoms with Gasteiger partial charge in [0.1, 0.15) is 5.82 Å². The lowest BCUT2D eigenvalue weighted by Gasteiger charge is -2.05. The molecule has 0 radical (unpaired) electrons. The van der Waals surface area contributed by atoms with Crippen LogP contribution in [-0.4, -0.2) is 10.9 Å². The summed E-state index contributed by atoms with van der Waals surface area (Å²) in [5.41, 5.74) is 7.07. The molecule has 1 aromatic carbocycles. The third kappa shape index (κ3) is 3.28. The molecule has 92 valence electrons. The molecule has 0 spiro atoms. The first kappa shape index (κ1) is 12.0. The van der Waals surface area contributed by atoms with E-state index in [1.54, 1.807) is 18.2 Å². The quantitative estimate of drug-likeness (QED) is 0.868. The number of carbonyl (C=O) groups excluding carboxylic acids is 1. The van der Waals surface area contributed by atoms with Crippen LogP contribution in [-0.2, 0) is 11.2 Å². The first-order valence-corrected chi connectivity index (χ1v) is 5.39. The molecule has 1 heterocycles. The summed E-state index contributed by atoms with van der Waals surface area (Å²) < 4.78 is 12.9. The maximum absolute atomic E-state index is 12.9. The van der Waals surface area contributed by atoms with Crippen LogP contribution >= 0.6 is 0 Å². The number of nitrogens with zero attached hydrogens (tertiary/aromatic N) is 1. The number of nitrogens with one attached hydrogen (secondary N) is 1. The second-order valence-electron chi connectivity index (χ2n) is 3.82. The highest BCUT2D eigenvalue weighted by molar-refractivity contribution is 5.91. The van der Waals surface area contributed by atoms with Crippen molar-refractivity contribution in [1.29, 1.82) is 0 Å². The molecule has 0 bridgehead atoms. The molecule has 2 rings (SSSR count). The molecular formula is C13H12FN3O. The summed E-state index contributed by atoms with van der Waals surface area (Å²) >= 11 is 0. The van der Waals surface area contributed by atoms with E-state index in [2.05, 4.69) is 10.3 Å². The molecule has 0 saturated heterocycles. The predicted molar refractivity (Wildman–Crippen MR) is 67.4 cm³/mol. The first-order valence-electron chi connectivity index (χ1n) is 5.39. The molecule has 1 aromatic heterocycles. The number of anilines is 2. The fourth-order valence-corrected chi connectivity index (χ4v) is 1.48. The summed E-state index contributed by atoms with van der Waals surface area (Å²) in [5, 5.41) is 2.60. The zero-order valence-electron chi connectivity index (χ0n) is 9.56. The minimum atomic E-state index is -0.390. The standard InChI is InChI=1S/C13H12FN3O/c14-9-2-1-3-12(6-9)17-13(18)7-11-5-4-10(15)8-16-11/h1-6,8H,7,15H2,(H,17,18). The summed E-state index contributed by atoms with van der Waals surface area (Å²) in [6.45, 7) is 0. The van der Waals surface area contributed by atoms with E-state index < -0.39 is 5.82 Å². The van der Waals surface area contributed by atoms with E-state index in [1.807, 2.05) is 0 Å². The van der Waals surface area contributed by atoms with Crippen molar-refractivity contribution in [2.24, 2.45) is 0 Å². The SMILES string of the molecule is Nc1ccc(CC(=O)Nc2cccc(F)c2)nc1. The molecular weight excluding hydrogens is 233 g/mol. The maximum Gasteiger partial charge on any atom is 0.230 e. The number of carbonyl (C=O) groups is 1. The van der Waals surface area contributed by atoms with Crippen LogP contribution < -0.4 is 11.1 Å². The van der Waals surface area contributed by atoms with Gasteiger partial charge in [0.2, 0.25) is 5.91 Å². The maximum atomic E-state index is 12.9. The molecule has 5 heteroatoms. The van der Waals surface area contributed by atoms with Gasteiger partial charge >= 0.3 is 0 Å². The van der Waals surface area contributed by atoms with Crippen LogP contribution in [0.15, 0.2) is 42.6 Å². The Hall–Kier alpha value is -2.43. The third-order valence-corrected chi connectivity index (χ3v) is 2.30. The van der Waals surface area contributed by atoms with E-state index >= 15 is 0 Å². The lowest BCUT2D eigenvalue weighted by Crippen LogP contribution is -2.15. The van der Waals surface area contributed by atoms with Crippen molar-refractivity contribution in [3.63, 3.8) is 0 Å². The lowest BCUT2D eigenvalue weighted by molar-refractivity contribution is -0.115. The van der Waals surface area contributed by atoms with Gasteiger partial charge in [-0.05, 0) is 30.3 Å². The van der Waals surface area contributed by atoms with Gasteiger partial charge in [-0.15, -0.1) is 0 Å². The summed E-state index contributed by atoms with van der Waals surface area (Å²) in [6, 6.07) is 9.09. The van der Waals surface area contributed by atoms with Crippen LogP contribution in [0.25, 0.3) is 0 Å². The largest absolute Gasteiger partial charge is 0.397 e. The Morgan fingerprint density at radius 3 is 2.83 bits per heavy atom. The monoisotopic (exact) mass is 245 g/mol. The molecule has 0 atom stereocenters. The van der Waals surface area contributed by atoms with Gasteiger partial charge in [-0.3, -0.25) is 9.78 Å². The number of hydrogen-bond acceptors (Lipinski definition) is 3. The van der Waals surface area contributed by atoms with E-state index in [-0.39, 0.29) is 12.3 Å². The molecule has 4 nitrogen and oxygen atoms in total. The molecule has 3 N–H and O–H groups in total. The van der Waals surface area contributed by atoms with Crippen LogP contribution in [0, 0.1) is 5.82 Å². The Bertz CT molecular complexity index is 554. The van der Waals surface area contributed by atoms with E-state index in [4.69, 9.17) is 5.73 Å². The minimum Gasteiger partial charge on any atom is -0.397 e. The summed E-state index contributed by atoms with van der Waals surface area (Å²) in [6.07, 6.45) is 1.61. The van der Waals surface area contributed by atoms with Gasteiger partial charge in [-0.1, -0.05) is 6.07 Å². The van der Waals surface area contributed by atoms with Crippen LogP contribution in [0.3, 0.4) is 0 Å². The number of nitrogens with two attached hydrogens (primary N) is 1. The summed E-state index contributed by atoms with van der Waals surface area (Å²) in [5.74, 6) is -0.642. The van der Waals surface area contributed by atoms with Crippen molar-refractivity contribution in [3.05, 3.63) is 54.1 Å². The lowest BCUT2D eigenvalue weighted by atomic mass is 10.2. The Morgan fingerprint density at radius 2 is 2.17 bits per heavy atom. The molecule has 0 aliphatic heterocycles. The van der Waals surface area contributed by atoms with E-state index in [0.717, 1.165) is 0 Å². The Labute approximate surface area is 104 Å². The summed E-state index contributed by atoms with van der Waals surface area (Å²) in [4.78, 5) is 15.7. The highest BCUT2D eigenvalue weighted by atomic mass is 19.1. The molecule has 2 aromatic rings. The Morgan fingerprint density at radius 1 is 1.33 bits per heavy atom. The second-order valence-corrected chi connectivity index (χ2v) is 3.82.